The highest BCUT2D eigenvalue weighted by Crippen LogP contribution is 2.32. The monoisotopic (exact) mass is 238 g/mol. The molecule has 6 heteroatoms. The Balaban J connectivity index is 2.97. The van der Waals surface area contributed by atoms with E-state index in [2.05, 4.69) is 4.74 Å². The van der Waals surface area contributed by atoms with Gasteiger partial charge in [-0.05, 0) is 24.0 Å². The van der Waals surface area contributed by atoms with Crippen molar-refractivity contribution in [3.63, 3.8) is 0 Å². The number of hydrogen-bond acceptors (Lipinski definition) is 3. The smallest absolute Gasteiger partial charge is 0.405 e. The SMILES string of the molecule is CSc1cc(CO)ccc1OC(F)(F)F. The van der Waals surface area contributed by atoms with E-state index in [-0.39, 0.29) is 12.4 Å². The van der Waals surface area contributed by atoms with Gasteiger partial charge in [-0.15, -0.1) is 24.9 Å². The predicted octanol–water partition coefficient (Wildman–Crippen LogP) is 2.80. The average molecular weight is 238 g/mol. The van der Waals surface area contributed by atoms with Crippen molar-refractivity contribution in [2.24, 2.45) is 0 Å². The van der Waals surface area contributed by atoms with Crippen LogP contribution in [0.2, 0.25) is 0 Å². The van der Waals surface area contributed by atoms with Crippen molar-refractivity contribution in [3.05, 3.63) is 23.8 Å². The van der Waals surface area contributed by atoms with Crippen molar-refractivity contribution in [2.75, 3.05) is 6.26 Å². The molecule has 0 bridgehead atoms. The van der Waals surface area contributed by atoms with Crippen molar-refractivity contribution in [2.45, 2.75) is 17.9 Å². The molecule has 0 saturated carbocycles. The molecule has 1 aromatic rings. The van der Waals surface area contributed by atoms with E-state index in [1.54, 1.807) is 6.26 Å². The van der Waals surface area contributed by atoms with Crippen LogP contribution >= 0.6 is 11.8 Å². The molecule has 15 heavy (non-hydrogen) atoms. The molecule has 0 heterocycles. The fourth-order valence-corrected chi connectivity index (χ4v) is 1.60. The van der Waals surface area contributed by atoms with Crippen molar-refractivity contribution in [1.29, 1.82) is 0 Å². The third-order valence-electron chi connectivity index (χ3n) is 1.64. The lowest BCUT2D eigenvalue weighted by atomic mass is 10.2. The summed E-state index contributed by atoms with van der Waals surface area (Å²) in [4.78, 5) is 0.346. The minimum Gasteiger partial charge on any atom is -0.405 e. The van der Waals surface area contributed by atoms with Crippen molar-refractivity contribution in [3.8, 4) is 5.75 Å². The first kappa shape index (κ1) is 12.2. The Morgan fingerprint density at radius 1 is 1.40 bits per heavy atom. The van der Waals surface area contributed by atoms with Gasteiger partial charge in [-0.1, -0.05) is 6.07 Å². The predicted molar refractivity (Wildman–Crippen MR) is 50.8 cm³/mol. The highest BCUT2D eigenvalue weighted by Gasteiger charge is 2.32. The number of rotatable bonds is 3. The summed E-state index contributed by atoms with van der Waals surface area (Å²) in [5.74, 6) is -0.243. The number of alkyl halides is 3. The Morgan fingerprint density at radius 3 is 2.53 bits per heavy atom. The first-order valence-electron chi connectivity index (χ1n) is 4.00. The molecule has 1 rings (SSSR count). The summed E-state index contributed by atoms with van der Waals surface area (Å²) in [7, 11) is 0. The van der Waals surface area contributed by atoms with Gasteiger partial charge in [0.2, 0.25) is 0 Å². The van der Waals surface area contributed by atoms with Gasteiger partial charge in [0.05, 0.1) is 6.61 Å². The van der Waals surface area contributed by atoms with Crippen LogP contribution in [0.4, 0.5) is 13.2 Å². The van der Waals surface area contributed by atoms with Gasteiger partial charge in [0, 0.05) is 4.90 Å². The summed E-state index contributed by atoms with van der Waals surface area (Å²) < 4.78 is 39.7. The second-order valence-electron chi connectivity index (χ2n) is 2.69. The third-order valence-corrected chi connectivity index (χ3v) is 2.40. The maximum absolute atomic E-state index is 12.0. The van der Waals surface area contributed by atoms with Crippen LogP contribution < -0.4 is 4.74 Å². The summed E-state index contributed by atoms with van der Waals surface area (Å²) in [5, 5.41) is 8.81. The maximum Gasteiger partial charge on any atom is 0.573 e. The van der Waals surface area contributed by atoms with Gasteiger partial charge >= 0.3 is 6.36 Å². The number of aliphatic hydroxyl groups excluding tert-OH is 1. The van der Waals surface area contributed by atoms with Crippen LogP contribution in [0.1, 0.15) is 5.56 Å². The van der Waals surface area contributed by atoms with Gasteiger partial charge in [0.25, 0.3) is 0 Å². The summed E-state index contributed by atoms with van der Waals surface area (Å²) in [6.45, 7) is -0.208. The quantitative estimate of drug-likeness (QED) is 0.821. The second-order valence-corrected chi connectivity index (χ2v) is 3.54. The van der Waals surface area contributed by atoms with Gasteiger partial charge < -0.3 is 9.84 Å². The zero-order chi connectivity index (χ0) is 11.5. The van der Waals surface area contributed by atoms with Crippen LogP contribution in [0.25, 0.3) is 0 Å². The van der Waals surface area contributed by atoms with Gasteiger partial charge in [-0.2, -0.15) is 0 Å². The molecular formula is C9H9F3O2S. The molecule has 2 nitrogen and oxygen atoms in total. The van der Waals surface area contributed by atoms with Crippen LogP contribution in [-0.4, -0.2) is 17.7 Å². The summed E-state index contributed by atoms with van der Waals surface area (Å²) in [5.41, 5.74) is 0.550. The van der Waals surface area contributed by atoms with Gasteiger partial charge in [0.15, 0.2) is 0 Å². The second kappa shape index (κ2) is 4.76. The van der Waals surface area contributed by atoms with E-state index in [4.69, 9.17) is 5.11 Å². The van der Waals surface area contributed by atoms with Crippen molar-refractivity contribution >= 4 is 11.8 Å². The first-order chi connectivity index (χ1) is 6.96. The molecule has 0 unspecified atom stereocenters. The topological polar surface area (TPSA) is 29.5 Å². The molecule has 0 aliphatic carbocycles. The number of aliphatic hydroxyl groups is 1. The Morgan fingerprint density at radius 2 is 2.07 bits per heavy atom. The highest BCUT2D eigenvalue weighted by molar-refractivity contribution is 7.98. The number of benzene rings is 1. The molecule has 0 aliphatic heterocycles. The lowest BCUT2D eigenvalue weighted by Gasteiger charge is -2.12. The molecule has 0 radical (unpaired) electrons. The van der Waals surface area contributed by atoms with Crippen LogP contribution in [0.5, 0.6) is 5.75 Å². The molecule has 0 fully saturated rings. The van der Waals surface area contributed by atoms with Crippen LogP contribution in [-0.2, 0) is 6.61 Å². The first-order valence-corrected chi connectivity index (χ1v) is 5.22. The largest absolute Gasteiger partial charge is 0.573 e. The number of thioether (sulfide) groups is 1. The highest BCUT2D eigenvalue weighted by atomic mass is 32.2. The maximum atomic E-state index is 12.0. The van der Waals surface area contributed by atoms with Crippen LogP contribution in [0.15, 0.2) is 23.1 Å². The lowest BCUT2D eigenvalue weighted by Crippen LogP contribution is -2.17. The molecule has 0 atom stereocenters. The molecular weight excluding hydrogens is 229 g/mol. The standard InChI is InChI=1S/C9H9F3O2S/c1-15-8-4-6(5-13)2-3-7(8)14-9(10,11)12/h2-4,13H,5H2,1H3. The molecule has 0 saturated heterocycles. The van der Waals surface area contributed by atoms with E-state index in [9.17, 15) is 13.2 Å². The van der Waals surface area contributed by atoms with Gasteiger partial charge in [0.1, 0.15) is 5.75 Å². The van der Waals surface area contributed by atoms with E-state index in [0.717, 1.165) is 11.8 Å². The normalized spacial score (nSPS) is 11.5. The minimum absolute atomic E-state index is 0.208. The number of hydrogen-bond donors (Lipinski definition) is 1. The van der Waals surface area contributed by atoms with E-state index < -0.39 is 6.36 Å². The fraction of sp³-hybridized carbons (Fsp3) is 0.333. The number of ether oxygens (including phenoxy) is 1. The van der Waals surface area contributed by atoms with E-state index in [1.165, 1.54) is 18.2 Å². The van der Waals surface area contributed by atoms with E-state index >= 15 is 0 Å². The summed E-state index contributed by atoms with van der Waals surface area (Å²) in [6, 6.07) is 4.05. The van der Waals surface area contributed by atoms with Crippen LogP contribution in [0, 0.1) is 0 Å². The summed E-state index contributed by atoms with van der Waals surface area (Å²) >= 11 is 1.13. The van der Waals surface area contributed by atoms with Crippen molar-refractivity contribution in [1.82, 2.24) is 0 Å². The molecule has 1 aromatic carbocycles. The Labute approximate surface area is 89.1 Å². The molecule has 1 N–H and O–H groups in total. The van der Waals surface area contributed by atoms with Gasteiger partial charge in [-0.3, -0.25) is 0 Å². The Hall–Kier alpha value is -0.880. The molecule has 0 aromatic heterocycles. The Bertz CT molecular complexity index is 339. The Kier molecular flexibility index (Phi) is 3.87. The van der Waals surface area contributed by atoms with Crippen LogP contribution in [0.3, 0.4) is 0 Å². The van der Waals surface area contributed by atoms with E-state index in [1.807, 2.05) is 0 Å². The molecule has 0 aliphatic rings. The minimum atomic E-state index is -4.69. The fourth-order valence-electron chi connectivity index (χ4n) is 1.02. The van der Waals surface area contributed by atoms with E-state index in [0.29, 0.717) is 10.5 Å². The zero-order valence-corrected chi connectivity index (χ0v) is 8.65. The average Bonchev–Trinajstić information content (AvgIpc) is 2.16. The molecule has 0 amide bonds. The molecule has 0 spiro atoms. The van der Waals surface area contributed by atoms with Gasteiger partial charge in [-0.25, -0.2) is 0 Å². The number of halogens is 3. The summed E-state index contributed by atoms with van der Waals surface area (Å²) in [6.07, 6.45) is -3.05. The zero-order valence-electron chi connectivity index (χ0n) is 7.84. The third kappa shape index (κ3) is 3.64. The lowest BCUT2D eigenvalue weighted by molar-refractivity contribution is -0.275. The molecule has 84 valence electrons. The van der Waals surface area contributed by atoms with Crippen molar-refractivity contribution < 1.29 is 23.0 Å².